The number of nitrogens with one attached hydrogen (secondary N) is 1. The van der Waals surface area contributed by atoms with Crippen molar-refractivity contribution >= 4 is 22.7 Å². The number of nitrogens with zero attached hydrogens (tertiary/aromatic N) is 2. The predicted molar refractivity (Wildman–Crippen MR) is 103 cm³/mol. The molecule has 152 valence electrons. The molecule has 2 aromatic carbocycles. The van der Waals surface area contributed by atoms with Gasteiger partial charge < -0.3 is 14.5 Å². The van der Waals surface area contributed by atoms with Crippen molar-refractivity contribution in [2.45, 2.75) is 6.18 Å². The molecule has 9 heteroatoms. The summed E-state index contributed by atoms with van der Waals surface area (Å²) in [6.45, 7) is -1.54. The molecule has 0 fully saturated rings. The van der Waals surface area contributed by atoms with Crippen LogP contribution in [-0.4, -0.2) is 28.7 Å². The third-order valence-corrected chi connectivity index (χ3v) is 4.07. The highest BCUT2D eigenvalue weighted by Gasteiger charge is 2.29. The highest BCUT2D eigenvalue weighted by molar-refractivity contribution is 6.05. The van der Waals surface area contributed by atoms with E-state index >= 15 is 0 Å². The van der Waals surface area contributed by atoms with E-state index < -0.39 is 24.6 Å². The van der Waals surface area contributed by atoms with Crippen LogP contribution in [0.25, 0.3) is 22.6 Å². The molecular weight excluding hydrogens is 399 g/mol. The van der Waals surface area contributed by atoms with Crippen molar-refractivity contribution in [3.8, 4) is 17.3 Å². The Labute approximate surface area is 168 Å². The molecular formula is C21H14F3N3O3. The second-order valence-corrected chi connectivity index (χ2v) is 6.28. The topological polar surface area (TPSA) is 77.3 Å². The highest BCUT2D eigenvalue weighted by atomic mass is 19.4. The number of oxazole rings is 1. The van der Waals surface area contributed by atoms with E-state index in [1.165, 1.54) is 18.3 Å². The average molecular weight is 413 g/mol. The summed E-state index contributed by atoms with van der Waals surface area (Å²) in [6.07, 6.45) is -3.29. The summed E-state index contributed by atoms with van der Waals surface area (Å²) in [6, 6.07) is 16.8. The Balaban J connectivity index is 1.49. The van der Waals surface area contributed by atoms with Gasteiger partial charge in [0.05, 0.1) is 0 Å². The number of ether oxygens (including phenoxy) is 1. The standard InChI is InChI=1S/C21H14F3N3O3/c22-21(23,24)12-29-20-15(4-3-11-25-20)18(28)26-14-9-7-13(8-10-14)19-27-16-5-1-2-6-17(16)30-19/h1-11H,12H2,(H,26,28). The van der Waals surface area contributed by atoms with Crippen LogP contribution in [-0.2, 0) is 0 Å². The molecule has 0 unspecified atom stereocenters. The second-order valence-electron chi connectivity index (χ2n) is 6.28. The predicted octanol–water partition coefficient (Wildman–Crippen LogP) is 5.08. The molecule has 0 radical (unpaired) electrons. The van der Waals surface area contributed by atoms with E-state index in [2.05, 4.69) is 20.0 Å². The lowest BCUT2D eigenvalue weighted by Gasteiger charge is -2.12. The van der Waals surface area contributed by atoms with Gasteiger partial charge in [-0.05, 0) is 48.5 Å². The van der Waals surface area contributed by atoms with Crippen LogP contribution in [0.4, 0.5) is 18.9 Å². The summed E-state index contributed by atoms with van der Waals surface area (Å²) >= 11 is 0. The first-order valence-corrected chi connectivity index (χ1v) is 8.81. The van der Waals surface area contributed by atoms with Crippen molar-refractivity contribution in [2.75, 3.05) is 11.9 Å². The second kappa shape index (κ2) is 7.86. The van der Waals surface area contributed by atoms with Crippen LogP contribution in [0.1, 0.15) is 10.4 Å². The Morgan fingerprint density at radius 2 is 1.80 bits per heavy atom. The van der Waals surface area contributed by atoms with Gasteiger partial charge in [0.25, 0.3) is 5.91 Å². The van der Waals surface area contributed by atoms with E-state index in [1.807, 2.05) is 24.3 Å². The Bertz CT molecular complexity index is 1150. The minimum atomic E-state index is -4.54. The first-order chi connectivity index (χ1) is 14.4. The SMILES string of the molecule is O=C(Nc1ccc(-c2nc3ccccc3o2)cc1)c1cccnc1OCC(F)(F)F. The van der Waals surface area contributed by atoms with Gasteiger partial charge in [-0.1, -0.05) is 12.1 Å². The third-order valence-electron chi connectivity index (χ3n) is 4.07. The lowest BCUT2D eigenvalue weighted by Crippen LogP contribution is -2.21. The minimum Gasteiger partial charge on any atom is -0.467 e. The number of rotatable bonds is 5. The summed E-state index contributed by atoms with van der Waals surface area (Å²) in [5.74, 6) is -0.602. The fourth-order valence-corrected chi connectivity index (χ4v) is 2.72. The first kappa shape index (κ1) is 19.4. The van der Waals surface area contributed by atoms with Crippen molar-refractivity contribution in [2.24, 2.45) is 0 Å². The molecule has 0 saturated heterocycles. The number of alkyl halides is 3. The zero-order chi connectivity index (χ0) is 21.1. The number of pyridine rings is 1. The zero-order valence-electron chi connectivity index (χ0n) is 15.3. The first-order valence-electron chi connectivity index (χ1n) is 8.81. The Morgan fingerprint density at radius 3 is 2.53 bits per heavy atom. The largest absolute Gasteiger partial charge is 0.467 e. The molecule has 30 heavy (non-hydrogen) atoms. The summed E-state index contributed by atoms with van der Waals surface area (Å²) in [5.41, 5.74) is 2.43. The molecule has 2 aromatic heterocycles. The number of aromatic nitrogens is 2. The molecule has 0 spiro atoms. The molecule has 0 bridgehead atoms. The number of hydrogen-bond acceptors (Lipinski definition) is 5. The number of fused-ring (bicyclic) bond motifs is 1. The Kier molecular flexibility index (Phi) is 5.09. The van der Waals surface area contributed by atoms with E-state index in [-0.39, 0.29) is 5.56 Å². The molecule has 4 aromatic rings. The van der Waals surface area contributed by atoms with Gasteiger partial charge in [0.2, 0.25) is 11.8 Å². The highest BCUT2D eigenvalue weighted by Crippen LogP contribution is 2.26. The molecule has 2 heterocycles. The van der Waals surface area contributed by atoms with Gasteiger partial charge in [0.1, 0.15) is 11.1 Å². The summed E-state index contributed by atoms with van der Waals surface area (Å²) in [5, 5.41) is 2.61. The van der Waals surface area contributed by atoms with Crippen LogP contribution in [0.3, 0.4) is 0 Å². The Morgan fingerprint density at radius 1 is 1.03 bits per heavy atom. The van der Waals surface area contributed by atoms with Crippen LogP contribution in [0.2, 0.25) is 0 Å². The smallest absolute Gasteiger partial charge is 0.422 e. The Hall–Kier alpha value is -3.88. The quantitative estimate of drug-likeness (QED) is 0.494. The van der Waals surface area contributed by atoms with E-state index in [4.69, 9.17) is 4.42 Å². The van der Waals surface area contributed by atoms with Crippen molar-refractivity contribution in [3.05, 3.63) is 72.4 Å². The molecule has 4 rings (SSSR count). The maximum Gasteiger partial charge on any atom is 0.422 e. The fraction of sp³-hybridized carbons (Fsp3) is 0.0952. The number of para-hydroxylation sites is 2. The molecule has 1 amide bonds. The van der Waals surface area contributed by atoms with Crippen LogP contribution < -0.4 is 10.1 Å². The molecule has 0 aliphatic carbocycles. The molecule has 0 aliphatic rings. The summed E-state index contributed by atoms with van der Waals surface area (Å²) < 4.78 is 47.5. The van der Waals surface area contributed by atoms with Gasteiger partial charge in [-0.15, -0.1) is 0 Å². The van der Waals surface area contributed by atoms with Gasteiger partial charge in [-0.3, -0.25) is 4.79 Å². The van der Waals surface area contributed by atoms with Gasteiger partial charge in [-0.25, -0.2) is 9.97 Å². The van der Waals surface area contributed by atoms with Crippen LogP contribution in [0.15, 0.2) is 71.3 Å². The monoisotopic (exact) mass is 413 g/mol. The van der Waals surface area contributed by atoms with E-state index in [0.29, 0.717) is 22.7 Å². The number of halogens is 3. The molecule has 1 N–H and O–H groups in total. The zero-order valence-corrected chi connectivity index (χ0v) is 15.3. The van der Waals surface area contributed by atoms with Crippen molar-refractivity contribution < 1.29 is 27.1 Å². The van der Waals surface area contributed by atoms with Gasteiger partial charge in [-0.2, -0.15) is 13.2 Å². The maximum atomic E-state index is 12.5. The molecule has 6 nitrogen and oxygen atoms in total. The minimum absolute atomic E-state index is 0.107. The van der Waals surface area contributed by atoms with Crippen molar-refractivity contribution in [1.29, 1.82) is 0 Å². The molecule has 0 atom stereocenters. The summed E-state index contributed by atoms with van der Waals surface area (Å²) in [7, 11) is 0. The average Bonchev–Trinajstić information content (AvgIpc) is 3.17. The van der Waals surface area contributed by atoms with Crippen LogP contribution in [0, 0.1) is 0 Å². The molecule has 0 saturated carbocycles. The van der Waals surface area contributed by atoms with Crippen LogP contribution in [0.5, 0.6) is 5.88 Å². The summed E-state index contributed by atoms with van der Waals surface area (Å²) in [4.78, 5) is 20.6. The van der Waals surface area contributed by atoms with Gasteiger partial charge >= 0.3 is 6.18 Å². The van der Waals surface area contributed by atoms with Crippen molar-refractivity contribution in [1.82, 2.24) is 9.97 Å². The number of anilines is 1. The van der Waals surface area contributed by atoms with Crippen LogP contribution >= 0.6 is 0 Å². The number of carbonyl (C=O) groups is 1. The third kappa shape index (κ3) is 4.40. The number of benzene rings is 2. The normalized spacial score (nSPS) is 11.4. The maximum absolute atomic E-state index is 12.5. The number of amides is 1. The number of carbonyl (C=O) groups excluding carboxylic acids is 1. The van der Waals surface area contributed by atoms with E-state index in [1.54, 1.807) is 24.3 Å². The van der Waals surface area contributed by atoms with Gasteiger partial charge in [0.15, 0.2) is 12.2 Å². The van der Waals surface area contributed by atoms with E-state index in [9.17, 15) is 18.0 Å². The lowest BCUT2D eigenvalue weighted by molar-refractivity contribution is -0.154. The van der Waals surface area contributed by atoms with Gasteiger partial charge in [0, 0.05) is 17.4 Å². The molecule has 0 aliphatic heterocycles. The van der Waals surface area contributed by atoms with E-state index in [0.717, 1.165) is 5.52 Å². The number of hydrogen-bond donors (Lipinski definition) is 1. The lowest BCUT2D eigenvalue weighted by atomic mass is 10.2. The fourth-order valence-electron chi connectivity index (χ4n) is 2.72. The van der Waals surface area contributed by atoms with Crippen molar-refractivity contribution in [3.63, 3.8) is 0 Å².